The molecule has 1 aromatic carbocycles. The van der Waals surface area contributed by atoms with Gasteiger partial charge in [0.1, 0.15) is 17.6 Å². The molecule has 2 heterocycles. The molecule has 0 saturated carbocycles. The van der Waals surface area contributed by atoms with Gasteiger partial charge in [-0.15, -0.1) is 0 Å². The van der Waals surface area contributed by atoms with Gasteiger partial charge < -0.3 is 15.4 Å². The second-order valence-corrected chi connectivity index (χ2v) is 7.64. The van der Waals surface area contributed by atoms with Crippen LogP contribution in [-0.2, 0) is 16.1 Å². The summed E-state index contributed by atoms with van der Waals surface area (Å²) in [5.74, 6) is 1.39. The smallest absolute Gasteiger partial charge is 0.269 e. The molecule has 5 nitrogen and oxygen atoms in total. The molecule has 2 unspecified atom stereocenters. The largest absolute Gasteiger partial charge is 0.482 e. The van der Waals surface area contributed by atoms with Crippen LogP contribution in [0.3, 0.4) is 0 Å². The van der Waals surface area contributed by atoms with Gasteiger partial charge in [0.25, 0.3) is 5.91 Å². The van der Waals surface area contributed by atoms with E-state index in [4.69, 9.17) is 21.3 Å². The molecule has 1 aliphatic carbocycles. The predicted octanol–water partition coefficient (Wildman–Crippen LogP) is 3.05. The fourth-order valence-electron chi connectivity index (χ4n) is 3.25. The normalized spacial score (nSPS) is 24.8. The molecule has 0 radical (unpaired) electrons. The van der Waals surface area contributed by atoms with Crippen molar-refractivity contribution in [2.45, 2.75) is 31.5 Å². The van der Waals surface area contributed by atoms with Gasteiger partial charge in [0.2, 0.25) is 6.10 Å². The molecule has 1 aromatic rings. The topological polar surface area (TPSA) is 62.7 Å². The number of benzene rings is 1. The first kappa shape index (κ1) is 16.8. The van der Waals surface area contributed by atoms with E-state index in [1.54, 1.807) is 0 Å². The second kappa shape index (κ2) is 6.94. The Balaban J connectivity index is 1.46. The van der Waals surface area contributed by atoms with Gasteiger partial charge in [0.05, 0.1) is 6.54 Å². The number of fused-ring (bicyclic) bond motifs is 2. The number of nitrogens with zero attached hydrogens (tertiary/aromatic N) is 1. The second-order valence-electron chi connectivity index (χ2n) is 6.21. The Bertz CT molecular complexity index is 818. The van der Waals surface area contributed by atoms with E-state index in [-0.39, 0.29) is 11.9 Å². The first-order valence-corrected chi connectivity index (χ1v) is 9.36. The third kappa shape index (κ3) is 3.38. The summed E-state index contributed by atoms with van der Waals surface area (Å²) >= 11 is 9.70. The average molecular weight is 423 g/mol. The van der Waals surface area contributed by atoms with Crippen LogP contribution in [-0.4, -0.2) is 30.4 Å². The predicted molar refractivity (Wildman–Crippen MR) is 101 cm³/mol. The summed E-state index contributed by atoms with van der Waals surface area (Å²) in [4.78, 5) is 17.1. The van der Waals surface area contributed by atoms with Crippen LogP contribution in [0.4, 0.5) is 0 Å². The monoisotopic (exact) mass is 421 g/mol. The molecule has 0 fully saturated rings. The number of hydrogen-bond acceptors (Lipinski definition) is 4. The van der Waals surface area contributed by atoms with Crippen molar-refractivity contribution in [1.82, 2.24) is 10.6 Å². The van der Waals surface area contributed by atoms with Crippen molar-refractivity contribution in [1.29, 1.82) is 0 Å². The third-order valence-electron chi connectivity index (χ3n) is 4.49. The minimum absolute atomic E-state index is 0.131. The summed E-state index contributed by atoms with van der Waals surface area (Å²) in [7, 11) is 0. The van der Waals surface area contributed by atoms with E-state index in [0.29, 0.717) is 18.9 Å². The van der Waals surface area contributed by atoms with Crippen LogP contribution in [0.1, 0.15) is 18.4 Å². The highest BCUT2D eigenvalue weighted by Gasteiger charge is 2.44. The first-order chi connectivity index (χ1) is 12.1. The Morgan fingerprint density at radius 1 is 1.32 bits per heavy atom. The number of ether oxygens (including phenoxy) is 1. The number of amides is 1. The number of hydrogen-bond donors (Lipinski definition) is 2. The van der Waals surface area contributed by atoms with Gasteiger partial charge in [-0.3, -0.25) is 9.79 Å². The van der Waals surface area contributed by atoms with Crippen molar-refractivity contribution in [3.63, 3.8) is 0 Å². The van der Waals surface area contributed by atoms with Crippen LogP contribution >= 0.6 is 27.5 Å². The summed E-state index contributed by atoms with van der Waals surface area (Å²) in [6, 6.07) is 7.43. The molecule has 4 rings (SSSR count). The molecule has 0 bridgehead atoms. The summed E-state index contributed by atoms with van der Waals surface area (Å²) in [5, 5.41) is 6.85. The molecule has 130 valence electrons. The SMILES string of the molecule is O=C1NC(CNCc2ccccc2Cl)=NC2C3=C(CCC(Br)=C3)OC12. The molecule has 1 amide bonds. The summed E-state index contributed by atoms with van der Waals surface area (Å²) < 4.78 is 6.95. The van der Waals surface area contributed by atoms with Crippen LogP contribution in [0, 0.1) is 0 Å². The quantitative estimate of drug-likeness (QED) is 0.784. The van der Waals surface area contributed by atoms with Gasteiger partial charge in [0, 0.05) is 23.6 Å². The maximum atomic E-state index is 12.4. The molecule has 0 spiro atoms. The van der Waals surface area contributed by atoms with Crippen LogP contribution < -0.4 is 10.6 Å². The van der Waals surface area contributed by atoms with Gasteiger partial charge in [-0.2, -0.15) is 0 Å². The molecule has 0 saturated heterocycles. The highest BCUT2D eigenvalue weighted by Crippen LogP contribution is 2.39. The summed E-state index contributed by atoms with van der Waals surface area (Å²) in [6.07, 6.45) is 3.20. The average Bonchev–Trinajstić information content (AvgIpc) is 2.95. The molecule has 25 heavy (non-hydrogen) atoms. The summed E-state index contributed by atoms with van der Waals surface area (Å²) in [5.41, 5.74) is 2.03. The zero-order valence-corrected chi connectivity index (χ0v) is 15.7. The fraction of sp³-hybridized carbons (Fsp3) is 0.333. The third-order valence-corrected chi connectivity index (χ3v) is 5.48. The number of halogens is 2. The van der Waals surface area contributed by atoms with Crippen LogP contribution in [0.5, 0.6) is 0 Å². The molecule has 2 aliphatic heterocycles. The lowest BCUT2D eigenvalue weighted by Gasteiger charge is -2.24. The Kier molecular flexibility index (Phi) is 4.67. The van der Waals surface area contributed by atoms with Crippen LogP contribution in [0.15, 0.2) is 51.1 Å². The summed E-state index contributed by atoms with van der Waals surface area (Å²) in [6.45, 7) is 1.08. The van der Waals surface area contributed by atoms with Crippen molar-refractivity contribution in [2.24, 2.45) is 4.99 Å². The fourth-order valence-corrected chi connectivity index (χ4v) is 3.90. The molecule has 0 aromatic heterocycles. The number of amidine groups is 1. The van der Waals surface area contributed by atoms with Gasteiger partial charge >= 0.3 is 0 Å². The highest BCUT2D eigenvalue weighted by atomic mass is 79.9. The van der Waals surface area contributed by atoms with E-state index < -0.39 is 6.10 Å². The van der Waals surface area contributed by atoms with Crippen molar-refractivity contribution in [2.75, 3.05) is 6.54 Å². The number of rotatable bonds is 4. The number of nitrogens with one attached hydrogen (secondary N) is 2. The highest BCUT2D eigenvalue weighted by molar-refractivity contribution is 9.11. The molecule has 2 atom stereocenters. The molecular formula is C18H17BrClN3O2. The van der Waals surface area contributed by atoms with Crippen molar-refractivity contribution >= 4 is 39.3 Å². The van der Waals surface area contributed by atoms with E-state index in [1.807, 2.05) is 30.3 Å². The molecule has 2 N–H and O–H groups in total. The first-order valence-electron chi connectivity index (χ1n) is 8.19. The minimum Gasteiger partial charge on any atom is -0.482 e. The van der Waals surface area contributed by atoms with E-state index in [1.165, 1.54) is 0 Å². The number of carbonyl (C=O) groups is 1. The molecule has 7 heteroatoms. The van der Waals surface area contributed by atoms with E-state index >= 15 is 0 Å². The van der Waals surface area contributed by atoms with Crippen molar-refractivity contribution in [3.8, 4) is 0 Å². The lowest BCUT2D eigenvalue weighted by atomic mass is 9.97. The zero-order valence-electron chi connectivity index (χ0n) is 13.4. The minimum atomic E-state index is -0.549. The van der Waals surface area contributed by atoms with Crippen LogP contribution in [0.2, 0.25) is 5.02 Å². The van der Waals surface area contributed by atoms with E-state index in [0.717, 1.165) is 39.2 Å². The Morgan fingerprint density at radius 3 is 3.00 bits per heavy atom. The number of aliphatic imine (C=N–C) groups is 1. The van der Waals surface area contributed by atoms with E-state index in [9.17, 15) is 4.79 Å². The lowest BCUT2D eigenvalue weighted by Crippen LogP contribution is -2.51. The maximum absolute atomic E-state index is 12.4. The standard InChI is InChI=1S/C18H17BrClN3O2/c19-11-5-6-14-12(7-11)16-17(25-14)18(24)23-15(22-16)9-21-8-10-3-1-2-4-13(10)20/h1-4,7,16-17,21H,5-6,8-9H2,(H,22,23,24). The van der Waals surface area contributed by atoms with Gasteiger partial charge in [-0.1, -0.05) is 45.7 Å². The number of carbonyl (C=O) groups excluding carboxylic acids is 1. The number of allylic oxidation sites excluding steroid dienone is 2. The van der Waals surface area contributed by atoms with Gasteiger partial charge in [-0.05, 0) is 28.6 Å². The van der Waals surface area contributed by atoms with Gasteiger partial charge in [0.15, 0.2) is 0 Å². The van der Waals surface area contributed by atoms with E-state index in [2.05, 4.69) is 26.6 Å². The Morgan fingerprint density at radius 2 is 2.16 bits per heavy atom. The Hall–Kier alpha value is -1.63. The molecule has 3 aliphatic rings. The Labute approximate surface area is 159 Å². The maximum Gasteiger partial charge on any atom is 0.269 e. The van der Waals surface area contributed by atoms with Gasteiger partial charge in [-0.25, -0.2) is 0 Å². The van der Waals surface area contributed by atoms with Crippen molar-refractivity contribution < 1.29 is 9.53 Å². The van der Waals surface area contributed by atoms with Crippen molar-refractivity contribution in [3.05, 3.63) is 56.7 Å². The zero-order chi connectivity index (χ0) is 17.4. The molecular weight excluding hydrogens is 406 g/mol. The lowest BCUT2D eigenvalue weighted by molar-refractivity contribution is -0.129. The van der Waals surface area contributed by atoms with Crippen LogP contribution in [0.25, 0.3) is 0 Å².